The second kappa shape index (κ2) is 7.00. The van der Waals surface area contributed by atoms with Crippen LogP contribution in [0.3, 0.4) is 0 Å². The smallest absolute Gasteiger partial charge is 0.271 e. The molecule has 0 radical (unpaired) electrons. The summed E-state index contributed by atoms with van der Waals surface area (Å²) in [6, 6.07) is 3.76. The fourth-order valence-corrected chi connectivity index (χ4v) is 3.99. The second-order valence-corrected chi connectivity index (χ2v) is 8.30. The molecule has 0 aromatic carbocycles. The third-order valence-corrected chi connectivity index (χ3v) is 5.74. The number of hydrogen-bond acceptors (Lipinski definition) is 7. The summed E-state index contributed by atoms with van der Waals surface area (Å²) >= 11 is 0. The summed E-state index contributed by atoms with van der Waals surface area (Å²) in [4.78, 5) is 23.6. The van der Waals surface area contributed by atoms with Crippen LogP contribution in [-0.2, 0) is 0 Å². The van der Waals surface area contributed by atoms with Crippen molar-refractivity contribution in [3.8, 4) is 0 Å². The van der Waals surface area contributed by atoms with E-state index in [0.29, 0.717) is 22.7 Å². The monoisotopic (exact) mass is 381 g/mol. The molecule has 2 aromatic heterocycles. The van der Waals surface area contributed by atoms with Gasteiger partial charge in [0.25, 0.3) is 5.91 Å². The van der Waals surface area contributed by atoms with Crippen molar-refractivity contribution >= 4 is 23.5 Å². The van der Waals surface area contributed by atoms with Crippen molar-refractivity contribution in [3.63, 3.8) is 0 Å². The summed E-state index contributed by atoms with van der Waals surface area (Å²) in [5.74, 6) is 1.93. The molecule has 1 saturated carbocycles. The van der Waals surface area contributed by atoms with E-state index in [2.05, 4.69) is 35.7 Å². The second-order valence-electron chi connectivity index (χ2n) is 8.30. The third kappa shape index (κ3) is 3.39. The Labute approximate surface area is 165 Å². The fraction of sp³-hybridized carbons (Fsp3) is 0.550. The van der Waals surface area contributed by atoms with Crippen LogP contribution in [0.1, 0.15) is 60.8 Å². The van der Waals surface area contributed by atoms with Gasteiger partial charge in [-0.1, -0.05) is 20.3 Å². The topological polar surface area (TPSA) is 95.9 Å². The first-order valence-corrected chi connectivity index (χ1v) is 9.86. The maximum atomic E-state index is 12.0. The van der Waals surface area contributed by atoms with Gasteiger partial charge in [-0.25, -0.2) is 4.98 Å². The Balaban J connectivity index is 1.55. The van der Waals surface area contributed by atoms with Gasteiger partial charge in [-0.3, -0.25) is 4.79 Å². The molecular formula is C20H27N7O. The highest BCUT2D eigenvalue weighted by Gasteiger charge is 2.48. The van der Waals surface area contributed by atoms with E-state index in [1.807, 2.05) is 32.9 Å². The zero-order chi connectivity index (χ0) is 19.9. The lowest BCUT2D eigenvalue weighted by molar-refractivity contribution is 0.0888. The average Bonchev–Trinajstić information content (AvgIpc) is 2.58. The van der Waals surface area contributed by atoms with E-state index in [0.717, 1.165) is 30.3 Å². The molecule has 3 heterocycles. The number of nitrogens with one attached hydrogen (secondary N) is 2. The normalized spacial score (nSPS) is 17.2. The maximum absolute atomic E-state index is 12.0. The number of aromatic nitrogens is 4. The molecule has 0 atom stereocenters. The van der Waals surface area contributed by atoms with Crippen molar-refractivity contribution in [1.82, 2.24) is 25.5 Å². The Kier molecular flexibility index (Phi) is 4.64. The molecular weight excluding hydrogens is 354 g/mol. The number of anilines is 3. The van der Waals surface area contributed by atoms with Crippen LogP contribution in [0.5, 0.6) is 0 Å². The standard InChI is InChI=1S/C20H27N7O/c1-12(2)14-9-16(25-26-17(14)18(28)21-4)23-15-8-13(3)22-19(24-15)27-10-20(11-27)6-5-7-20/h8-9,12H,5-7,10-11H2,1-4H3,(H,21,28)(H,22,23,24,25). The summed E-state index contributed by atoms with van der Waals surface area (Å²) in [6.07, 6.45) is 4.00. The van der Waals surface area contributed by atoms with Gasteiger partial charge in [-0.05, 0) is 37.3 Å². The predicted octanol–water partition coefficient (Wildman–Crippen LogP) is 2.79. The molecule has 8 heteroatoms. The molecule has 1 spiro atoms. The summed E-state index contributed by atoms with van der Waals surface area (Å²) in [6.45, 7) is 8.12. The minimum absolute atomic E-state index is 0.144. The van der Waals surface area contributed by atoms with Crippen molar-refractivity contribution < 1.29 is 4.79 Å². The van der Waals surface area contributed by atoms with Crippen LogP contribution in [0.25, 0.3) is 0 Å². The van der Waals surface area contributed by atoms with Crippen molar-refractivity contribution in [3.05, 3.63) is 29.1 Å². The minimum Gasteiger partial charge on any atom is -0.354 e. The maximum Gasteiger partial charge on any atom is 0.271 e. The van der Waals surface area contributed by atoms with Crippen molar-refractivity contribution in [1.29, 1.82) is 0 Å². The molecule has 0 bridgehead atoms. The van der Waals surface area contributed by atoms with Gasteiger partial charge in [-0.15, -0.1) is 10.2 Å². The zero-order valence-corrected chi connectivity index (χ0v) is 16.9. The van der Waals surface area contributed by atoms with Gasteiger partial charge in [0.05, 0.1) is 0 Å². The first-order chi connectivity index (χ1) is 13.4. The van der Waals surface area contributed by atoms with Gasteiger partial charge in [0.1, 0.15) is 5.82 Å². The molecule has 1 aliphatic heterocycles. The van der Waals surface area contributed by atoms with E-state index in [-0.39, 0.29) is 11.8 Å². The van der Waals surface area contributed by atoms with Crippen LogP contribution in [0.2, 0.25) is 0 Å². The highest BCUT2D eigenvalue weighted by Crippen LogP contribution is 2.48. The summed E-state index contributed by atoms with van der Waals surface area (Å²) in [5.41, 5.74) is 2.63. The zero-order valence-electron chi connectivity index (χ0n) is 16.9. The number of hydrogen-bond donors (Lipinski definition) is 2. The van der Waals surface area contributed by atoms with Crippen LogP contribution < -0.4 is 15.5 Å². The van der Waals surface area contributed by atoms with Crippen molar-refractivity contribution in [2.24, 2.45) is 5.41 Å². The number of rotatable bonds is 5. The molecule has 2 fully saturated rings. The van der Waals surface area contributed by atoms with E-state index in [1.54, 1.807) is 7.05 Å². The Morgan fingerprint density at radius 1 is 1.14 bits per heavy atom. The van der Waals surface area contributed by atoms with Crippen LogP contribution in [0.15, 0.2) is 12.1 Å². The van der Waals surface area contributed by atoms with E-state index in [1.165, 1.54) is 19.3 Å². The van der Waals surface area contributed by atoms with E-state index in [9.17, 15) is 4.79 Å². The quantitative estimate of drug-likeness (QED) is 0.822. The van der Waals surface area contributed by atoms with Gasteiger partial charge in [0, 0.05) is 37.3 Å². The highest BCUT2D eigenvalue weighted by atomic mass is 16.1. The molecule has 1 amide bonds. The molecule has 0 unspecified atom stereocenters. The first-order valence-electron chi connectivity index (χ1n) is 9.86. The SMILES string of the molecule is CNC(=O)c1nnc(Nc2cc(C)nc(N3CC4(CCC4)C3)n2)cc1C(C)C. The van der Waals surface area contributed by atoms with Crippen molar-refractivity contribution in [2.75, 3.05) is 30.4 Å². The van der Waals surface area contributed by atoms with E-state index < -0.39 is 0 Å². The van der Waals surface area contributed by atoms with Crippen LogP contribution >= 0.6 is 0 Å². The van der Waals surface area contributed by atoms with Gasteiger partial charge >= 0.3 is 0 Å². The lowest BCUT2D eigenvalue weighted by atomic mass is 9.64. The molecule has 1 saturated heterocycles. The van der Waals surface area contributed by atoms with Crippen molar-refractivity contribution in [2.45, 2.75) is 46.0 Å². The molecule has 1 aliphatic carbocycles. The molecule has 28 heavy (non-hydrogen) atoms. The third-order valence-electron chi connectivity index (χ3n) is 5.74. The molecule has 8 nitrogen and oxygen atoms in total. The number of aryl methyl sites for hydroxylation is 1. The number of carbonyl (C=O) groups is 1. The lowest BCUT2D eigenvalue weighted by Gasteiger charge is -2.55. The molecule has 2 aromatic rings. The Morgan fingerprint density at radius 3 is 2.50 bits per heavy atom. The van der Waals surface area contributed by atoms with Gasteiger partial charge in [0.2, 0.25) is 5.95 Å². The molecule has 2 aliphatic rings. The predicted molar refractivity (Wildman–Crippen MR) is 108 cm³/mol. The Morgan fingerprint density at radius 2 is 1.89 bits per heavy atom. The lowest BCUT2D eigenvalue weighted by Crippen LogP contribution is -2.60. The average molecular weight is 381 g/mol. The van der Waals surface area contributed by atoms with Gasteiger partial charge in [0.15, 0.2) is 11.5 Å². The van der Waals surface area contributed by atoms with Crippen LogP contribution in [-0.4, -0.2) is 46.2 Å². The Bertz CT molecular complexity index is 899. The van der Waals surface area contributed by atoms with E-state index in [4.69, 9.17) is 0 Å². The highest BCUT2D eigenvalue weighted by molar-refractivity contribution is 5.93. The van der Waals surface area contributed by atoms with Gasteiger partial charge in [-0.2, -0.15) is 4.98 Å². The van der Waals surface area contributed by atoms with Crippen LogP contribution in [0.4, 0.5) is 17.6 Å². The minimum atomic E-state index is -0.231. The number of amides is 1. The first kappa shape index (κ1) is 18.6. The van der Waals surface area contributed by atoms with Crippen LogP contribution in [0, 0.1) is 12.3 Å². The molecule has 148 valence electrons. The fourth-order valence-electron chi connectivity index (χ4n) is 3.99. The summed E-state index contributed by atoms with van der Waals surface area (Å²) in [5, 5.41) is 14.2. The number of carbonyl (C=O) groups excluding carboxylic acids is 1. The van der Waals surface area contributed by atoms with E-state index >= 15 is 0 Å². The summed E-state index contributed by atoms with van der Waals surface area (Å²) < 4.78 is 0. The number of nitrogens with zero attached hydrogens (tertiary/aromatic N) is 5. The Hall–Kier alpha value is -2.77. The summed E-state index contributed by atoms with van der Waals surface area (Å²) in [7, 11) is 1.59. The molecule has 2 N–H and O–H groups in total. The largest absolute Gasteiger partial charge is 0.354 e. The van der Waals surface area contributed by atoms with Gasteiger partial charge < -0.3 is 15.5 Å². The molecule has 4 rings (SSSR count).